The molecule has 3 heterocycles. The highest BCUT2D eigenvalue weighted by Crippen LogP contribution is 2.28. The summed E-state index contributed by atoms with van der Waals surface area (Å²) in [5.41, 5.74) is 2.86. The van der Waals surface area contributed by atoms with Gasteiger partial charge in [0.25, 0.3) is 11.1 Å². The van der Waals surface area contributed by atoms with Gasteiger partial charge in [-0.15, -0.1) is 10.2 Å². The summed E-state index contributed by atoms with van der Waals surface area (Å²) in [5, 5.41) is 8.35. The first-order valence-corrected chi connectivity index (χ1v) is 9.06. The lowest BCUT2D eigenvalue weighted by Crippen LogP contribution is -2.36. The molecule has 0 radical (unpaired) electrons. The van der Waals surface area contributed by atoms with E-state index in [-0.39, 0.29) is 11.7 Å². The number of anilines is 1. The predicted molar refractivity (Wildman–Crippen MR) is 95.4 cm³/mol. The summed E-state index contributed by atoms with van der Waals surface area (Å²) in [6.45, 7) is 0.749. The number of rotatable bonds is 4. The zero-order chi connectivity index (χ0) is 17.1. The van der Waals surface area contributed by atoms with Gasteiger partial charge in [-0.2, -0.15) is 0 Å². The number of aromatic nitrogens is 3. The molecule has 0 saturated heterocycles. The quantitative estimate of drug-likeness (QED) is 0.672. The molecule has 0 fully saturated rings. The van der Waals surface area contributed by atoms with Gasteiger partial charge in [-0.25, -0.2) is 0 Å². The number of carbonyl (C=O) groups excluding carboxylic acids is 1. The van der Waals surface area contributed by atoms with Crippen molar-refractivity contribution in [3.05, 3.63) is 54.2 Å². The molecule has 1 amide bonds. The van der Waals surface area contributed by atoms with E-state index in [4.69, 9.17) is 4.42 Å². The fraction of sp³-hybridized carbons (Fsp3) is 0.222. The Bertz CT molecular complexity index is 882. The minimum absolute atomic E-state index is 0.0507. The Morgan fingerprint density at radius 3 is 2.92 bits per heavy atom. The van der Waals surface area contributed by atoms with Crippen molar-refractivity contribution in [1.82, 2.24) is 15.2 Å². The van der Waals surface area contributed by atoms with Gasteiger partial charge < -0.3 is 9.32 Å². The fourth-order valence-electron chi connectivity index (χ4n) is 2.85. The van der Waals surface area contributed by atoms with E-state index in [1.165, 1.54) is 17.3 Å². The van der Waals surface area contributed by atoms with Crippen LogP contribution in [0.4, 0.5) is 5.69 Å². The lowest BCUT2D eigenvalue weighted by Gasteiger charge is -2.29. The Kier molecular flexibility index (Phi) is 4.47. The number of fused-ring (bicyclic) bond motifs is 1. The van der Waals surface area contributed by atoms with Gasteiger partial charge in [-0.3, -0.25) is 9.78 Å². The van der Waals surface area contributed by atoms with Gasteiger partial charge in [0.05, 0.1) is 5.75 Å². The minimum atomic E-state index is 0.0507. The SMILES string of the molecule is O=C(CSc1nnc(-c2ccccn2)o1)N1CCCc2ccccc21. The molecular formula is C18H16N4O2S. The summed E-state index contributed by atoms with van der Waals surface area (Å²) in [6.07, 6.45) is 3.67. The molecule has 2 aromatic heterocycles. The lowest BCUT2D eigenvalue weighted by molar-refractivity contribution is -0.116. The molecular weight excluding hydrogens is 336 g/mol. The fourth-order valence-corrected chi connectivity index (χ4v) is 3.49. The molecule has 0 bridgehead atoms. The Balaban J connectivity index is 1.42. The van der Waals surface area contributed by atoms with Gasteiger partial charge in [0.1, 0.15) is 5.69 Å². The normalized spacial score (nSPS) is 13.5. The van der Waals surface area contributed by atoms with Crippen LogP contribution in [0.1, 0.15) is 12.0 Å². The van der Waals surface area contributed by atoms with Crippen LogP contribution in [0.5, 0.6) is 0 Å². The lowest BCUT2D eigenvalue weighted by atomic mass is 10.0. The summed E-state index contributed by atoms with van der Waals surface area (Å²) in [7, 11) is 0. The third-order valence-electron chi connectivity index (χ3n) is 4.02. The van der Waals surface area contributed by atoms with Crippen LogP contribution in [-0.2, 0) is 11.2 Å². The molecule has 0 unspecified atom stereocenters. The maximum absolute atomic E-state index is 12.6. The highest BCUT2D eigenvalue weighted by molar-refractivity contribution is 7.99. The molecule has 0 aliphatic carbocycles. The van der Waals surface area contributed by atoms with Gasteiger partial charge in [0, 0.05) is 18.4 Å². The van der Waals surface area contributed by atoms with E-state index in [0.29, 0.717) is 16.8 Å². The van der Waals surface area contributed by atoms with Crippen molar-refractivity contribution in [3.8, 4) is 11.6 Å². The summed E-state index contributed by atoms with van der Waals surface area (Å²) in [4.78, 5) is 18.6. The molecule has 126 valence electrons. The number of benzene rings is 1. The molecule has 0 atom stereocenters. The second kappa shape index (κ2) is 7.06. The molecule has 3 aromatic rings. The first-order valence-electron chi connectivity index (χ1n) is 8.07. The topological polar surface area (TPSA) is 72.1 Å². The number of hydrogen-bond donors (Lipinski definition) is 0. The second-order valence-electron chi connectivity index (χ2n) is 5.65. The van der Waals surface area contributed by atoms with Crippen LogP contribution in [0.2, 0.25) is 0 Å². The Hall–Kier alpha value is -2.67. The Morgan fingerprint density at radius 1 is 1.16 bits per heavy atom. The van der Waals surface area contributed by atoms with Crippen LogP contribution in [0.3, 0.4) is 0 Å². The second-order valence-corrected chi connectivity index (χ2v) is 6.58. The number of para-hydroxylation sites is 1. The molecule has 1 aliphatic rings. The van der Waals surface area contributed by atoms with Crippen LogP contribution in [-0.4, -0.2) is 33.4 Å². The third kappa shape index (κ3) is 3.41. The molecule has 0 spiro atoms. The van der Waals surface area contributed by atoms with E-state index in [9.17, 15) is 4.79 Å². The van der Waals surface area contributed by atoms with Gasteiger partial charge in [0.15, 0.2) is 0 Å². The number of pyridine rings is 1. The van der Waals surface area contributed by atoms with E-state index in [1.54, 1.807) is 12.3 Å². The molecule has 0 saturated carbocycles. The molecule has 6 nitrogen and oxygen atoms in total. The molecule has 0 N–H and O–H groups in total. The number of thioether (sulfide) groups is 1. The van der Waals surface area contributed by atoms with Crippen molar-refractivity contribution in [1.29, 1.82) is 0 Å². The first kappa shape index (κ1) is 15.8. The van der Waals surface area contributed by atoms with Gasteiger partial charge in [-0.1, -0.05) is 36.0 Å². The summed E-state index contributed by atoms with van der Waals surface area (Å²) >= 11 is 1.25. The van der Waals surface area contributed by atoms with Gasteiger partial charge in [0.2, 0.25) is 5.91 Å². The highest BCUT2D eigenvalue weighted by Gasteiger charge is 2.22. The summed E-state index contributed by atoms with van der Waals surface area (Å²) < 4.78 is 5.58. The highest BCUT2D eigenvalue weighted by atomic mass is 32.2. The standard InChI is InChI=1S/C18H16N4O2S/c23-16(22-11-5-7-13-6-1-2-9-15(13)22)12-25-18-21-20-17(24-18)14-8-3-4-10-19-14/h1-4,6,8-10H,5,7,11-12H2. The molecule has 1 aliphatic heterocycles. The minimum Gasteiger partial charge on any atom is -0.410 e. The van der Waals surface area contributed by atoms with Crippen LogP contribution in [0.15, 0.2) is 58.3 Å². The van der Waals surface area contributed by atoms with Crippen molar-refractivity contribution in [2.24, 2.45) is 0 Å². The van der Waals surface area contributed by atoms with E-state index in [2.05, 4.69) is 21.2 Å². The third-order valence-corrected chi connectivity index (χ3v) is 4.82. The van der Waals surface area contributed by atoms with E-state index >= 15 is 0 Å². The van der Waals surface area contributed by atoms with E-state index < -0.39 is 0 Å². The van der Waals surface area contributed by atoms with Crippen molar-refractivity contribution in [2.75, 3.05) is 17.2 Å². The van der Waals surface area contributed by atoms with Crippen LogP contribution < -0.4 is 4.90 Å². The average molecular weight is 352 g/mol. The largest absolute Gasteiger partial charge is 0.410 e. The molecule has 7 heteroatoms. The first-order chi connectivity index (χ1) is 12.3. The van der Waals surface area contributed by atoms with Crippen molar-refractivity contribution in [3.63, 3.8) is 0 Å². The van der Waals surface area contributed by atoms with Gasteiger partial charge in [-0.05, 0) is 36.6 Å². The summed E-state index contributed by atoms with van der Waals surface area (Å²) in [5.74, 6) is 0.673. The Labute approximate surface area is 149 Å². The number of nitrogens with zero attached hydrogens (tertiary/aromatic N) is 4. The monoisotopic (exact) mass is 352 g/mol. The van der Waals surface area contributed by atoms with Crippen molar-refractivity contribution >= 4 is 23.4 Å². The van der Waals surface area contributed by atoms with Crippen molar-refractivity contribution in [2.45, 2.75) is 18.1 Å². The maximum Gasteiger partial charge on any atom is 0.277 e. The number of amides is 1. The van der Waals surface area contributed by atoms with Crippen LogP contribution >= 0.6 is 11.8 Å². The van der Waals surface area contributed by atoms with E-state index in [0.717, 1.165) is 25.1 Å². The number of aryl methyl sites for hydroxylation is 1. The van der Waals surface area contributed by atoms with Crippen LogP contribution in [0, 0.1) is 0 Å². The molecule has 25 heavy (non-hydrogen) atoms. The van der Waals surface area contributed by atoms with Crippen molar-refractivity contribution < 1.29 is 9.21 Å². The number of carbonyl (C=O) groups is 1. The summed E-state index contributed by atoms with van der Waals surface area (Å²) in [6, 6.07) is 13.6. The molecule has 4 rings (SSSR count). The maximum atomic E-state index is 12.6. The zero-order valence-corrected chi connectivity index (χ0v) is 14.3. The smallest absolute Gasteiger partial charge is 0.277 e. The zero-order valence-electron chi connectivity index (χ0n) is 13.5. The average Bonchev–Trinajstić information content (AvgIpc) is 3.15. The van der Waals surface area contributed by atoms with E-state index in [1.807, 2.05) is 35.2 Å². The number of hydrogen-bond acceptors (Lipinski definition) is 6. The van der Waals surface area contributed by atoms with Crippen LogP contribution in [0.25, 0.3) is 11.6 Å². The Morgan fingerprint density at radius 2 is 2.04 bits per heavy atom. The molecule has 1 aromatic carbocycles. The van der Waals surface area contributed by atoms with Gasteiger partial charge >= 0.3 is 0 Å². The predicted octanol–water partition coefficient (Wildman–Crippen LogP) is 3.20.